The average Bonchev–Trinajstić information content (AvgIpc) is 2.98. The van der Waals surface area contributed by atoms with Gasteiger partial charge >= 0.3 is 0 Å². The van der Waals surface area contributed by atoms with Gasteiger partial charge in [0.2, 0.25) is 11.8 Å². The first kappa shape index (κ1) is 13.3. The highest BCUT2D eigenvalue weighted by atomic mass is 16.2. The van der Waals surface area contributed by atoms with Crippen molar-refractivity contribution in [3.8, 4) is 0 Å². The maximum absolute atomic E-state index is 11.9. The zero-order chi connectivity index (χ0) is 13.0. The molecule has 2 fully saturated rings. The van der Waals surface area contributed by atoms with E-state index in [0.717, 1.165) is 26.1 Å². The van der Waals surface area contributed by atoms with E-state index in [9.17, 15) is 9.59 Å². The van der Waals surface area contributed by atoms with Crippen molar-refractivity contribution in [3.05, 3.63) is 0 Å². The fourth-order valence-electron chi connectivity index (χ4n) is 2.76. The van der Waals surface area contributed by atoms with E-state index in [2.05, 4.69) is 10.6 Å². The van der Waals surface area contributed by atoms with Crippen LogP contribution in [0.1, 0.15) is 26.2 Å². The Kier molecular flexibility index (Phi) is 4.58. The number of rotatable bonds is 5. The lowest BCUT2D eigenvalue weighted by Crippen LogP contribution is -2.34. The second kappa shape index (κ2) is 6.18. The second-order valence-corrected chi connectivity index (χ2v) is 5.27. The number of amides is 2. The van der Waals surface area contributed by atoms with Crippen molar-refractivity contribution in [3.63, 3.8) is 0 Å². The predicted molar refractivity (Wildman–Crippen MR) is 69.0 cm³/mol. The minimum atomic E-state index is -0.140. The van der Waals surface area contributed by atoms with Crippen LogP contribution in [0.4, 0.5) is 0 Å². The molecule has 0 radical (unpaired) electrons. The smallest absolute Gasteiger partial charge is 0.225 e. The van der Waals surface area contributed by atoms with Crippen molar-refractivity contribution >= 4 is 11.8 Å². The molecular weight excluding hydrogens is 230 g/mol. The molecule has 2 unspecified atom stereocenters. The molecule has 0 bridgehead atoms. The monoisotopic (exact) mass is 253 g/mol. The van der Waals surface area contributed by atoms with Crippen molar-refractivity contribution < 1.29 is 9.59 Å². The summed E-state index contributed by atoms with van der Waals surface area (Å²) in [5, 5.41) is 6.29. The van der Waals surface area contributed by atoms with Crippen molar-refractivity contribution in [2.24, 2.45) is 11.8 Å². The Morgan fingerprint density at radius 3 is 3.00 bits per heavy atom. The molecule has 0 saturated carbocycles. The lowest BCUT2D eigenvalue weighted by Gasteiger charge is -2.14. The van der Waals surface area contributed by atoms with Gasteiger partial charge in [-0.25, -0.2) is 0 Å². The van der Waals surface area contributed by atoms with Gasteiger partial charge in [-0.05, 0) is 38.8 Å². The molecule has 2 N–H and O–H groups in total. The van der Waals surface area contributed by atoms with E-state index < -0.39 is 0 Å². The summed E-state index contributed by atoms with van der Waals surface area (Å²) in [6.45, 7) is 6.15. The van der Waals surface area contributed by atoms with Crippen LogP contribution >= 0.6 is 0 Å². The van der Waals surface area contributed by atoms with Crippen LogP contribution in [0.5, 0.6) is 0 Å². The van der Waals surface area contributed by atoms with Gasteiger partial charge in [0.1, 0.15) is 0 Å². The standard InChI is InChI=1S/C13H23N3O2/c1-2-16-9-11(7-12(16)17)13(18)15-6-4-10-3-5-14-8-10/h10-11,14H,2-9H2,1H3,(H,15,18). The zero-order valence-corrected chi connectivity index (χ0v) is 11.1. The summed E-state index contributed by atoms with van der Waals surface area (Å²) in [4.78, 5) is 25.2. The number of carbonyl (C=O) groups is 2. The van der Waals surface area contributed by atoms with Gasteiger partial charge in [0.25, 0.3) is 0 Å². The third kappa shape index (κ3) is 3.22. The van der Waals surface area contributed by atoms with Crippen LogP contribution in [-0.4, -0.2) is 49.4 Å². The molecule has 2 aliphatic heterocycles. The molecule has 5 heteroatoms. The van der Waals surface area contributed by atoms with Crippen molar-refractivity contribution in [1.82, 2.24) is 15.5 Å². The van der Waals surface area contributed by atoms with Gasteiger partial charge in [-0.3, -0.25) is 9.59 Å². The molecule has 102 valence electrons. The molecule has 0 aromatic carbocycles. The maximum Gasteiger partial charge on any atom is 0.225 e. The van der Waals surface area contributed by atoms with Gasteiger partial charge in [0.15, 0.2) is 0 Å². The van der Waals surface area contributed by atoms with Crippen molar-refractivity contribution in [2.75, 3.05) is 32.7 Å². The SMILES string of the molecule is CCN1CC(C(=O)NCCC2CCNC2)CC1=O. The average molecular weight is 253 g/mol. The summed E-state index contributed by atoms with van der Waals surface area (Å²) in [5.41, 5.74) is 0. The van der Waals surface area contributed by atoms with Crippen LogP contribution < -0.4 is 10.6 Å². The van der Waals surface area contributed by atoms with Crippen LogP contribution in [-0.2, 0) is 9.59 Å². The van der Waals surface area contributed by atoms with E-state index >= 15 is 0 Å². The molecule has 0 aliphatic carbocycles. The van der Waals surface area contributed by atoms with Crippen LogP contribution in [0.3, 0.4) is 0 Å². The summed E-state index contributed by atoms with van der Waals surface area (Å²) in [6, 6.07) is 0. The fourth-order valence-corrected chi connectivity index (χ4v) is 2.76. The highest BCUT2D eigenvalue weighted by Crippen LogP contribution is 2.17. The summed E-state index contributed by atoms with van der Waals surface area (Å²) in [5.74, 6) is 0.713. The topological polar surface area (TPSA) is 61.4 Å². The van der Waals surface area contributed by atoms with E-state index in [-0.39, 0.29) is 17.7 Å². The van der Waals surface area contributed by atoms with E-state index in [1.807, 2.05) is 6.92 Å². The normalized spacial score (nSPS) is 27.8. The minimum absolute atomic E-state index is 0.0465. The van der Waals surface area contributed by atoms with Crippen LogP contribution in [0.15, 0.2) is 0 Å². The third-order valence-electron chi connectivity index (χ3n) is 3.98. The van der Waals surface area contributed by atoms with Gasteiger partial charge in [0.05, 0.1) is 5.92 Å². The number of carbonyl (C=O) groups excluding carboxylic acids is 2. The minimum Gasteiger partial charge on any atom is -0.356 e. The number of hydrogen-bond acceptors (Lipinski definition) is 3. The van der Waals surface area contributed by atoms with E-state index in [0.29, 0.717) is 25.4 Å². The Labute approximate surface area is 108 Å². The van der Waals surface area contributed by atoms with Crippen LogP contribution in [0.2, 0.25) is 0 Å². The van der Waals surface area contributed by atoms with Gasteiger partial charge in [0, 0.05) is 26.1 Å². The van der Waals surface area contributed by atoms with Crippen LogP contribution in [0.25, 0.3) is 0 Å². The lowest BCUT2D eigenvalue weighted by atomic mass is 10.0. The van der Waals surface area contributed by atoms with Gasteiger partial charge in [-0.2, -0.15) is 0 Å². The Hall–Kier alpha value is -1.10. The van der Waals surface area contributed by atoms with E-state index in [4.69, 9.17) is 0 Å². The first-order chi connectivity index (χ1) is 8.70. The molecule has 0 aromatic rings. The van der Waals surface area contributed by atoms with Crippen molar-refractivity contribution in [2.45, 2.75) is 26.2 Å². The molecular formula is C13H23N3O2. The molecule has 2 atom stereocenters. The van der Waals surface area contributed by atoms with Gasteiger partial charge < -0.3 is 15.5 Å². The van der Waals surface area contributed by atoms with Crippen LogP contribution in [0, 0.1) is 11.8 Å². The first-order valence-electron chi connectivity index (χ1n) is 6.97. The molecule has 2 heterocycles. The summed E-state index contributed by atoms with van der Waals surface area (Å²) >= 11 is 0. The lowest BCUT2D eigenvalue weighted by molar-refractivity contribution is -0.128. The Bertz CT molecular complexity index is 313. The second-order valence-electron chi connectivity index (χ2n) is 5.27. The first-order valence-corrected chi connectivity index (χ1v) is 6.97. The number of nitrogens with one attached hydrogen (secondary N) is 2. The number of hydrogen-bond donors (Lipinski definition) is 2. The zero-order valence-electron chi connectivity index (χ0n) is 11.1. The van der Waals surface area contributed by atoms with Gasteiger partial charge in [-0.1, -0.05) is 0 Å². The number of nitrogens with zero attached hydrogens (tertiary/aromatic N) is 1. The summed E-state index contributed by atoms with van der Waals surface area (Å²) in [6.07, 6.45) is 2.63. The largest absolute Gasteiger partial charge is 0.356 e. The Morgan fingerprint density at radius 2 is 2.39 bits per heavy atom. The Balaban J connectivity index is 1.67. The Morgan fingerprint density at radius 1 is 1.56 bits per heavy atom. The molecule has 5 nitrogen and oxygen atoms in total. The summed E-state index contributed by atoms with van der Waals surface area (Å²) in [7, 11) is 0. The highest BCUT2D eigenvalue weighted by Gasteiger charge is 2.33. The summed E-state index contributed by atoms with van der Waals surface area (Å²) < 4.78 is 0. The molecule has 2 aliphatic rings. The van der Waals surface area contributed by atoms with Crippen molar-refractivity contribution in [1.29, 1.82) is 0 Å². The maximum atomic E-state index is 11.9. The highest BCUT2D eigenvalue weighted by molar-refractivity contribution is 5.89. The molecule has 0 spiro atoms. The molecule has 2 amide bonds. The fraction of sp³-hybridized carbons (Fsp3) is 0.846. The van der Waals surface area contributed by atoms with E-state index in [1.54, 1.807) is 4.90 Å². The molecule has 2 rings (SSSR count). The molecule has 0 aromatic heterocycles. The molecule has 18 heavy (non-hydrogen) atoms. The predicted octanol–water partition coefficient (Wildman–Crippen LogP) is -0.0294. The molecule has 2 saturated heterocycles. The van der Waals surface area contributed by atoms with Gasteiger partial charge in [-0.15, -0.1) is 0 Å². The quantitative estimate of drug-likeness (QED) is 0.723. The number of likely N-dealkylation sites (tertiary alicyclic amines) is 1. The third-order valence-corrected chi connectivity index (χ3v) is 3.98. The van der Waals surface area contributed by atoms with E-state index in [1.165, 1.54) is 6.42 Å².